The highest BCUT2D eigenvalue weighted by molar-refractivity contribution is 7.90. The Morgan fingerprint density at radius 1 is 1.30 bits per heavy atom. The summed E-state index contributed by atoms with van der Waals surface area (Å²) in [5.74, 6) is 0.572. The predicted molar refractivity (Wildman–Crippen MR) is 102 cm³/mol. The number of rotatable bonds is 7. The van der Waals surface area contributed by atoms with Crippen molar-refractivity contribution in [1.82, 2.24) is 9.97 Å². The molecule has 3 rings (SSSR count). The van der Waals surface area contributed by atoms with Crippen molar-refractivity contribution in [1.29, 1.82) is 0 Å². The van der Waals surface area contributed by atoms with Gasteiger partial charge in [-0.15, -0.1) is 0 Å². The largest absolute Gasteiger partial charge is 0.361 e. The van der Waals surface area contributed by atoms with Gasteiger partial charge in [0.25, 0.3) is 0 Å². The van der Waals surface area contributed by atoms with Crippen LogP contribution in [0.5, 0.6) is 0 Å². The SMILES string of the molecule is CC(c1ccc(S(C)(=O)=O)cc1)N(C)c1ncc([N+](=O)[O-])c(NC2CC2)n1. The maximum Gasteiger partial charge on any atom is 0.329 e. The fraction of sp³-hybridized carbons (Fsp3) is 0.412. The molecule has 1 aliphatic rings. The van der Waals surface area contributed by atoms with Crippen LogP contribution >= 0.6 is 0 Å². The van der Waals surface area contributed by atoms with E-state index in [1.54, 1.807) is 36.2 Å². The first-order valence-electron chi connectivity index (χ1n) is 8.47. The molecule has 144 valence electrons. The fourth-order valence-electron chi connectivity index (χ4n) is 2.59. The molecule has 1 atom stereocenters. The summed E-state index contributed by atoms with van der Waals surface area (Å²) < 4.78 is 23.2. The normalized spacial score (nSPS) is 15.2. The van der Waals surface area contributed by atoms with Crippen LogP contribution in [0, 0.1) is 10.1 Å². The van der Waals surface area contributed by atoms with E-state index in [4.69, 9.17) is 0 Å². The van der Waals surface area contributed by atoms with E-state index in [2.05, 4.69) is 15.3 Å². The van der Waals surface area contributed by atoms with Gasteiger partial charge < -0.3 is 10.2 Å². The van der Waals surface area contributed by atoms with Crippen molar-refractivity contribution in [2.75, 3.05) is 23.5 Å². The Kier molecular flexibility index (Phi) is 5.01. The summed E-state index contributed by atoms with van der Waals surface area (Å²) in [5, 5.41) is 14.3. The van der Waals surface area contributed by atoms with Crippen molar-refractivity contribution in [2.45, 2.75) is 36.7 Å². The maximum atomic E-state index is 11.6. The molecule has 0 bridgehead atoms. The second kappa shape index (κ2) is 7.10. The molecule has 0 spiro atoms. The average molecular weight is 391 g/mol. The lowest BCUT2D eigenvalue weighted by atomic mass is 10.1. The zero-order chi connectivity index (χ0) is 19.8. The Bertz CT molecular complexity index is 958. The van der Waals surface area contributed by atoms with Crippen LogP contribution in [0.25, 0.3) is 0 Å². The van der Waals surface area contributed by atoms with Crippen LogP contribution in [-0.2, 0) is 9.84 Å². The minimum Gasteiger partial charge on any atom is -0.361 e. The molecular formula is C17H21N5O4S. The first kappa shape index (κ1) is 19.0. The Morgan fingerprint density at radius 2 is 1.93 bits per heavy atom. The van der Waals surface area contributed by atoms with Gasteiger partial charge in [-0.25, -0.2) is 13.4 Å². The molecule has 1 fully saturated rings. The van der Waals surface area contributed by atoms with E-state index in [-0.39, 0.29) is 28.5 Å². The topological polar surface area (TPSA) is 118 Å². The lowest BCUT2D eigenvalue weighted by molar-refractivity contribution is -0.384. The zero-order valence-corrected chi connectivity index (χ0v) is 16.1. The van der Waals surface area contributed by atoms with E-state index in [0.717, 1.165) is 24.7 Å². The molecule has 1 N–H and O–H groups in total. The standard InChI is InChI=1S/C17H21N5O4S/c1-11(12-4-8-14(9-5-12)27(3,25)26)21(2)17-18-10-15(22(23)24)16(20-17)19-13-6-7-13/h4-5,8-11,13H,6-7H2,1-3H3,(H,18,19,20). The highest BCUT2D eigenvalue weighted by Gasteiger charge is 2.27. The molecule has 1 saturated carbocycles. The third-order valence-electron chi connectivity index (χ3n) is 4.56. The molecular weight excluding hydrogens is 370 g/mol. The van der Waals surface area contributed by atoms with Gasteiger partial charge in [0.2, 0.25) is 11.8 Å². The molecule has 1 aromatic heterocycles. The summed E-state index contributed by atoms with van der Waals surface area (Å²) in [6, 6.07) is 6.67. The Labute approximate surface area is 157 Å². The van der Waals surface area contributed by atoms with Gasteiger partial charge in [0.05, 0.1) is 15.9 Å². The van der Waals surface area contributed by atoms with E-state index in [9.17, 15) is 18.5 Å². The van der Waals surface area contributed by atoms with Crippen molar-refractivity contribution in [3.8, 4) is 0 Å². The summed E-state index contributed by atoms with van der Waals surface area (Å²) in [6.07, 6.45) is 4.31. The van der Waals surface area contributed by atoms with Crippen LogP contribution in [0.4, 0.5) is 17.5 Å². The Balaban J connectivity index is 1.85. The zero-order valence-electron chi connectivity index (χ0n) is 15.3. The van der Waals surface area contributed by atoms with Crippen LogP contribution in [0.15, 0.2) is 35.4 Å². The predicted octanol–water partition coefficient (Wildman–Crippen LogP) is 2.56. The highest BCUT2D eigenvalue weighted by Crippen LogP contribution is 2.31. The number of hydrogen-bond acceptors (Lipinski definition) is 8. The molecule has 0 aliphatic heterocycles. The lowest BCUT2D eigenvalue weighted by Crippen LogP contribution is -2.24. The third kappa shape index (κ3) is 4.33. The number of nitrogens with zero attached hydrogens (tertiary/aromatic N) is 4. The molecule has 1 aromatic carbocycles. The van der Waals surface area contributed by atoms with Crippen LogP contribution in [-0.4, -0.2) is 42.7 Å². The number of benzene rings is 1. The van der Waals surface area contributed by atoms with Crippen molar-refractivity contribution in [3.05, 3.63) is 46.1 Å². The minimum atomic E-state index is -3.25. The second-order valence-electron chi connectivity index (χ2n) is 6.71. The van der Waals surface area contributed by atoms with E-state index in [0.29, 0.717) is 5.95 Å². The number of sulfone groups is 1. The number of nitro groups is 1. The molecule has 0 radical (unpaired) electrons. The summed E-state index contributed by atoms with van der Waals surface area (Å²) in [5.41, 5.74) is 0.729. The maximum absolute atomic E-state index is 11.6. The summed E-state index contributed by atoms with van der Waals surface area (Å²) in [7, 11) is -1.46. The van der Waals surface area contributed by atoms with Gasteiger partial charge in [-0.05, 0) is 37.5 Å². The number of hydrogen-bond donors (Lipinski definition) is 1. The average Bonchev–Trinajstić information content (AvgIpc) is 3.43. The van der Waals surface area contributed by atoms with Crippen molar-refractivity contribution in [3.63, 3.8) is 0 Å². The van der Waals surface area contributed by atoms with Gasteiger partial charge in [0.15, 0.2) is 9.84 Å². The fourth-order valence-corrected chi connectivity index (χ4v) is 3.22. The van der Waals surface area contributed by atoms with Gasteiger partial charge in [-0.3, -0.25) is 10.1 Å². The van der Waals surface area contributed by atoms with E-state index < -0.39 is 14.8 Å². The Morgan fingerprint density at radius 3 is 2.44 bits per heavy atom. The molecule has 27 heavy (non-hydrogen) atoms. The molecule has 0 amide bonds. The summed E-state index contributed by atoms with van der Waals surface area (Å²) >= 11 is 0. The van der Waals surface area contributed by atoms with Crippen molar-refractivity contribution >= 4 is 27.3 Å². The highest BCUT2D eigenvalue weighted by atomic mass is 32.2. The second-order valence-corrected chi connectivity index (χ2v) is 8.72. The first-order chi connectivity index (χ1) is 12.7. The van der Waals surface area contributed by atoms with Crippen LogP contribution < -0.4 is 10.2 Å². The van der Waals surface area contributed by atoms with Crippen LogP contribution in [0.2, 0.25) is 0 Å². The summed E-state index contributed by atoms with van der Waals surface area (Å²) in [4.78, 5) is 21.2. The number of anilines is 2. The monoisotopic (exact) mass is 391 g/mol. The molecule has 10 heteroatoms. The molecule has 9 nitrogen and oxygen atoms in total. The molecule has 0 saturated heterocycles. The number of nitrogens with one attached hydrogen (secondary N) is 1. The van der Waals surface area contributed by atoms with E-state index in [1.807, 2.05) is 6.92 Å². The third-order valence-corrected chi connectivity index (χ3v) is 5.69. The van der Waals surface area contributed by atoms with Gasteiger partial charge in [-0.1, -0.05) is 12.1 Å². The first-order valence-corrected chi connectivity index (χ1v) is 10.4. The minimum absolute atomic E-state index is 0.149. The molecule has 1 unspecified atom stereocenters. The van der Waals surface area contributed by atoms with E-state index in [1.165, 1.54) is 6.20 Å². The van der Waals surface area contributed by atoms with Crippen molar-refractivity contribution < 1.29 is 13.3 Å². The van der Waals surface area contributed by atoms with Gasteiger partial charge in [0, 0.05) is 19.3 Å². The molecule has 1 heterocycles. The lowest BCUT2D eigenvalue weighted by Gasteiger charge is -2.25. The number of aromatic nitrogens is 2. The van der Waals surface area contributed by atoms with E-state index >= 15 is 0 Å². The van der Waals surface area contributed by atoms with Gasteiger partial charge in [-0.2, -0.15) is 4.98 Å². The van der Waals surface area contributed by atoms with Gasteiger partial charge in [0.1, 0.15) is 6.20 Å². The summed E-state index contributed by atoms with van der Waals surface area (Å²) in [6.45, 7) is 1.92. The van der Waals surface area contributed by atoms with Gasteiger partial charge >= 0.3 is 5.69 Å². The van der Waals surface area contributed by atoms with Crippen LogP contribution in [0.3, 0.4) is 0 Å². The molecule has 1 aliphatic carbocycles. The van der Waals surface area contributed by atoms with Crippen LogP contribution in [0.1, 0.15) is 31.4 Å². The quantitative estimate of drug-likeness (QED) is 0.565. The molecule has 2 aromatic rings. The Hall–Kier alpha value is -2.75. The van der Waals surface area contributed by atoms with Crippen molar-refractivity contribution in [2.24, 2.45) is 0 Å². The smallest absolute Gasteiger partial charge is 0.329 e.